The minimum absolute atomic E-state index is 0.288. The van der Waals surface area contributed by atoms with Gasteiger partial charge in [0.1, 0.15) is 5.75 Å². The van der Waals surface area contributed by atoms with Gasteiger partial charge in [0, 0.05) is 0 Å². The molecule has 2 aromatic carbocycles. The lowest BCUT2D eigenvalue weighted by Crippen LogP contribution is -2.08. The van der Waals surface area contributed by atoms with E-state index in [0.29, 0.717) is 0 Å². The number of rotatable bonds is 3. The van der Waals surface area contributed by atoms with E-state index < -0.39 is 0 Å². The SMILES string of the molecule is COc1cccc2c1CCC2Nc1nc2ccccc2[nH]1. The van der Waals surface area contributed by atoms with E-state index >= 15 is 0 Å². The normalized spacial score (nSPS) is 16.9. The molecule has 0 fully saturated rings. The standard InChI is InChI=1S/C17H17N3O/c1-21-16-8-4-5-11-12(16)9-10-13(11)18-17-19-14-6-2-3-7-15(14)20-17/h2-8,13H,9-10H2,1H3,(H2,18,19,20). The van der Waals surface area contributed by atoms with Crippen molar-refractivity contribution in [1.82, 2.24) is 9.97 Å². The maximum absolute atomic E-state index is 5.45. The van der Waals surface area contributed by atoms with Crippen molar-refractivity contribution >= 4 is 17.0 Å². The second kappa shape index (κ2) is 4.81. The molecule has 0 radical (unpaired) electrons. The molecule has 0 amide bonds. The molecule has 1 atom stereocenters. The van der Waals surface area contributed by atoms with E-state index in [1.807, 2.05) is 30.3 Å². The van der Waals surface area contributed by atoms with Crippen molar-refractivity contribution in [3.05, 3.63) is 53.6 Å². The molecule has 1 aromatic heterocycles. The molecule has 0 bridgehead atoms. The van der Waals surface area contributed by atoms with Crippen molar-refractivity contribution in [2.75, 3.05) is 12.4 Å². The zero-order valence-electron chi connectivity index (χ0n) is 11.9. The van der Waals surface area contributed by atoms with Crippen LogP contribution in [0.5, 0.6) is 5.75 Å². The molecule has 0 saturated heterocycles. The van der Waals surface area contributed by atoms with Gasteiger partial charge in [0.25, 0.3) is 0 Å². The Bertz CT molecular complexity index is 761. The first-order chi connectivity index (χ1) is 10.3. The van der Waals surface area contributed by atoms with Gasteiger partial charge in [0.15, 0.2) is 0 Å². The second-order valence-electron chi connectivity index (χ2n) is 5.37. The number of nitrogens with one attached hydrogen (secondary N) is 2. The topological polar surface area (TPSA) is 49.9 Å². The Morgan fingerprint density at radius 3 is 2.95 bits per heavy atom. The first kappa shape index (κ1) is 12.3. The number of fused-ring (bicyclic) bond motifs is 2. The molecular weight excluding hydrogens is 262 g/mol. The number of ether oxygens (including phenoxy) is 1. The fourth-order valence-corrected chi connectivity index (χ4v) is 3.15. The van der Waals surface area contributed by atoms with Crippen molar-refractivity contribution in [2.45, 2.75) is 18.9 Å². The number of aromatic nitrogens is 2. The van der Waals surface area contributed by atoms with Crippen LogP contribution >= 0.6 is 0 Å². The van der Waals surface area contributed by atoms with E-state index in [4.69, 9.17) is 4.74 Å². The fourth-order valence-electron chi connectivity index (χ4n) is 3.15. The fraction of sp³-hybridized carbons (Fsp3) is 0.235. The highest BCUT2D eigenvalue weighted by molar-refractivity contribution is 5.77. The Morgan fingerprint density at radius 1 is 1.19 bits per heavy atom. The second-order valence-corrected chi connectivity index (χ2v) is 5.37. The highest BCUT2D eigenvalue weighted by atomic mass is 16.5. The number of hydrogen-bond acceptors (Lipinski definition) is 3. The number of nitrogens with zero attached hydrogens (tertiary/aromatic N) is 1. The molecule has 1 aliphatic rings. The molecule has 21 heavy (non-hydrogen) atoms. The van der Waals surface area contributed by atoms with Gasteiger partial charge in [0.05, 0.1) is 24.2 Å². The predicted octanol–water partition coefficient (Wildman–Crippen LogP) is 3.67. The van der Waals surface area contributed by atoms with Crippen LogP contribution in [0.2, 0.25) is 0 Å². The molecule has 1 heterocycles. The van der Waals surface area contributed by atoms with Crippen LogP contribution in [0.1, 0.15) is 23.6 Å². The third kappa shape index (κ3) is 2.03. The number of aromatic amines is 1. The Balaban J connectivity index is 1.65. The van der Waals surface area contributed by atoms with Gasteiger partial charge in [-0.3, -0.25) is 0 Å². The third-order valence-corrected chi connectivity index (χ3v) is 4.15. The van der Waals surface area contributed by atoms with Gasteiger partial charge in [-0.1, -0.05) is 24.3 Å². The number of H-pyrrole nitrogens is 1. The molecule has 3 aromatic rings. The summed E-state index contributed by atoms with van der Waals surface area (Å²) >= 11 is 0. The summed E-state index contributed by atoms with van der Waals surface area (Å²) in [6, 6.07) is 14.6. The predicted molar refractivity (Wildman–Crippen MR) is 83.8 cm³/mol. The summed E-state index contributed by atoms with van der Waals surface area (Å²) in [5, 5.41) is 3.52. The van der Waals surface area contributed by atoms with Crippen LogP contribution in [0.3, 0.4) is 0 Å². The molecule has 4 nitrogen and oxygen atoms in total. The Hall–Kier alpha value is -2.49. The van der Waals surface area contributed by atoms with E-state index in [1.54, 1.807) is 7.11 Å². The number of anilines is 1. The maximum atomic E-state index is 5.45. The van der Waals surface area contributed by atoms with E-state index in [1.165, 1.54) is 11.1 Å². The van der Waals surface area contributed by atoms with Crippen molar-refractivity contribution in [1.29, 1.82) is 0 Å². The van der Waals surface area contributed by atoms with Gasteiger partial charge in [-0.2, -0.15) is 0 Å². The third-order valence-electron chi connectivity index (χ3n) is 4.15. The van der Waals surface area contributed by atoms with E-state index in [9.17, 15) is 0 Å². The lowest BCUT2D eigenvalue weighted by molar-refractivity contribution is 0.410. The zero-order chi connectivity index (χ0) is 14.2. The highest BCUT2D eigenvalue weighted by Crippen LogP contribution is 2.38. The van der Waals surface area contributed by atoms with Gasteiger partial charge in [-0.15, -0.1) is 0 Å². The summed E-state index contributed by atoms with van der Waals surface area (Å²) < 4.78 is 5.45. The first-order valence-corrected chi connectivity index (χ1v) is 7.22. The van der Waals surface area contributed by atoms with Gasteiger partial charge in [0.2, 0.25) is 5.95 Å². The highest BCUT2D eigenvalue weighted by Gasteiger charge is 2.25. The van der Waals surface area contributed by atoms with Crippen LogP contribution in [0.4, 0.5) is 5.95 Å². The van der Waals surface area contributed by atoms with Crippen molar-refractivity contribution in [2.24, 2.45) is 0 Å². The van der Waals surface area contributed by atoms with Crippen LogP contribution < -0.4 is 10.1 Å². The maximum Gasteiger partial charge on any atom is 0.201 e. The number of benzene rings is 2. The summed E-state index contributed by atoms with van der Waals surface area (Å²) in [6.07, 6.45) is 2.10. The van der Waals surface area contributed by atoms with Crippen LogP contribution in [0.15, 0.2) is 42.5 Å². The smallest absolute Gasteiger partial charge is 0.201 e. The largest absolute Gasteiger partial charge is 0.496 e. The monoisotopic (exact) mass is 279 g/mol. The lowest BCUT2D eigenvalue weighted by atomic mass is 10.1. The van der Waals surface area contributed by atoms with Crippen LogP contribution in [-0.2, 0) is 6.42 Å². The summed E-state index contributed by atoms with van der Waals surface area (Å²) in [5.41, 5.74) is 4.68. The molecule has 4 heteroatoms. The summed E-state index contributed by atoms with van der Waals surface area (Å²) in [4.78, 5) is 7.92. The van der Waals surface area contributed by atoms with Crippen molar-refractivity contribution in [3.63, 3.8) is 0 Å². The quantitative estimate of drug-likeness (QED) is 0.769. The number of para-hydroxylation sites is 2. The lowest BCUT2D eigenvalue weighted by Gasteiger charge is -2.13. The summed E-state index contributed by atoms with van der Waals surface area (Å²) in [5.74, 6) is 1.82. The van der Waals surface area contributed by atoms with Crippen molar-refractivity contribution < 1.29 is 4.74 Å². The van der Waals surface area contributed by atoms with Gasteiger partial charge in [-0.05, 0) is 42.2 Å². The molecule has 0 spiro atoms. The zero-order valence-corrected chi connectivity index (χ0v) is 11.9. The Kier molecular flexibility index (Phi) is 2.81. The van der Waals surface area contributed by atoms with Crippen LogP contribution in [0, 0.1) is 0 Å². The molecule has 1 unspecified atom stereocenters. The van der Waals surface area contributed by atoms with Crippen LogP contribution in [0.25, 0.3) is 11.0 Å². The minimum atomic E-state index is 0.288. The number of methoxy groups -OCH3 is 1. The average Bonchev–Trinajstić information content (AvgIpc) is 3.11. The molecule has 1 aliphatic carbocycles. The van der Waals surface area contributed by atoms with Crippen LogP contribution in [-0.4, -0.2) is 17.1 Å². The number of hydrogen-bond donors (Lipinski definition) is 2. The minimum Gasteiger partial charge on any atom is -0.496 e. The molecule has 4 rings (SSSR count). The van der Waals surface area contributed by atoms with E-state index in [-0.39, 0.29) is 6.04 Å². The van der Waals surface area contributed by atoms with Crippen molar-refractivity contribution in [3.8, 4) is 5.75 Å². The van der Waals surface area contributed by atoms with Gasteiger partial charge < -0.3 is 15.0 Å². The average molecular weight is 279 g/mol. The molecule has 0 aliphatic heterocycles. The number of imidazole rings is 1. The molecule has 106 valence electrons. The first-order valence-electron chi connectivity index (χ1n) is 7.22. The molecule has 2 N–H and O–H groups in total. The van der Waals surface area contributed by atoms with Gasteiger partial charge in [-0.25, -0.2) is 4.98 Å². The molecular formula is C17H17N3O. The van der Waals surface area contributed by atoms with E-state index in [0.717, 1.165) is 35.6 Å². The Labute approximate surface area is 123 Å². The molecule has 0 saturated carbocycles. The van der Waals surface area contributed by atoms with Gasteiger partial charge >= 0.3 is 0 Å². The van der Waals surface area contributed by atoms with E-state index in [2.05, 4.69) is 27.4 Å². The Morgan fingerprint density at radius 2 is 2.10 bits per heavy atom. The summed E-state index contributed by atoms with van der Waals surface area (Å²) in [6.45, 7) is 0. The summed E-state index contributed by atoms with van der Waals surface area (Å²) in [7, 11) is 1.73.